The third-order valence-corrected chi connectivity index (χ3v) is 3.78. The van der Waals surface area contributed by atoms with Crippen LogP contribution in [0.15, 0.2) is 53.4 Å². The number of hydrogen-bond acceptors (Lipinski definition) is 4. The molecule has 0 saturated carbocycles. The van der Waals surface area contributed by atoms with Gasteiger partial charge in [0.05, 0.1) is 25.3 Å². The Bertz CT molecular complexity index is 897. The van der Waals surface area contributed by atoms with E-state index in [0.717, 1.165) is 0 Å². The number of ether oxygens (including phenoxy) is 1. The van der Waals surface area contributed by atoms with E-state index in [1.165, 1.54) is 31.7 Å². The summed E-state index contributed by atoms with van der Waals surface area (Å²) in [5.74, 6) is 0.229. The van der Waals surface area contributed by atoms with Gasteiger partial charge in [-0.2, -0.15) is 0 Å². The van der Waals surface area contributed by atoms with Gasteiger partial charge >= 0.3 is 0 Å². The molecule has 3 rings (SSSR count). The second kappa shape index (κ2) is 7.36. The Morgan fingerprint density at radius 3 is 2.88 bits per heavy atom. The minimum Gasteiger partial charge on any atom is -0.496 e. The van der Waals surface area contributed by atoms with Crippen LogP contribution in [0.2, 0.25) is 5.02 Å². The van der Waals surface area contributed by atoms with Crippen LogP contribution in [0.3, 0.4) is 0 Å². The Labute approximate surface area is 148 Å². The van der Waals surface area contributed by atoms with Crippen LogP contribution in [-0.2, 0) is 11.2 Å². The lowest BCUT2D eigenvalue weighted by atomic mass is 10.1. The molecule has 0 aliphatic heterocycles. The van der Waals surface area contributed by atoms with Crippen LogP contribution < -0.4 is 10.1 Å². The number of carbonyl (C=O) groups excluding carboxylic acids is 1. The molecule has 0 radical (unpaired) electrons. The Kier molecular flexibility index (Phi) is 5.00. The van der Waals surface area contributed by atoms with Gasteiger partial charge in [-0.05, 0) is 35.9 Å². The minimum absolute atomic E-state index is 0.126. The van der Waals surface area contributed by atoms with Crippen molar-refractivity contribution in [3.05, 3.63) is 65.4 Å². The highest BCUT2D eigenvalue weighted by Gasteiger charge is 2.13. The number of hydrogen-bond donors (Lipinski definition) is 1. The summed E-state index contributed by atoms with van der Waals surface area (Å²) in [7, 11) is 1.52. The first-order valence-electron chi connectivity index (χ1n) is 7.37. The summed E-state index contributed by atoms with van der Waals surface area (Å²) in [6.45, 7) is 0. The second-order valence-corrected chi connectivity index (χ2v) is 5.68. The monoisotopic (exact) mass is 360 g/mol. The van der Waals surface area contributed by atoms with Crippen molar-refractivity contribution in [2.75, 3.05) is 12.4 Å². The van der Waals surface area contributed by atoms with Crippen LogP contribution in [-0.4, -0.2) is 18.0 Å². The van der Waals surface area contributed by atoms with Gasteiger partial charge in [-0.1, -0.05) is 11.6 Å². The molecule has 3 aromatic rings. The average molecular weight is 361 g/mol. The molecule has 0 aliphatic rings. The summed E-state index contributed by atoms with van der Waals surface area (Å²) in [4.78, 5) is 16.0. The van der Waals surface area contributed by atoms with Gasteiger partial charge in [0, 0.05) is 16.8 Å². The number of carbonyl (C=O) groups is 1. The predicted molar refractivity (Wildman–Crippen MR) is 92.2 cm³/mol. The van der Waals surface area contributed by atoms with Crippen LogP contribution in [0, 0.1) is 5.82 Å². The van der Waals surface area contributed by atoms with Crippen molar-refractivity contribution < 1.29 is 18.3 Å². The zero-order chi connectivity index (χ0) is 17.8. The van der Waals surface area contributed by atoms with Crippen molar-refractivity contribution in [3.63, 3.8) is 0 Å². The minimum atomic E-state index is -0.474. The van der Waals surface area contributed by atoms with Crippen LogP contribution >= 0.6 is 11.6 Å². The smallest absolute Gasteiger partial charge is 0.228 e. The van der Waals surface area contributed by atoms with E-state index in [9.17, 15) is 9.18 Å². The van der Waals surface area contributed by atoms with Crippen LogP contribution in [0.25, 0.3) is 11.3 Å². The Hall–Kier alpha value is -2.86. The van der Waals surface area contributed by atoms with Gasteiger partial charge in [-0.15, -0.1) is 0 Å². The number of aromatic nitrogens is 1. The lowest BCUT2D eigenvalue weighted by molar-refractivity contribution is -0.115. The number of nitrogens with zero attached hydrogens (tertiary/aromatic N) is 1. The van der Waals surface area contributed by atoms with Crippen molar-refractivity contribution in [3.8, 4) is 17.1 Å². The summed E-state index contributed by atoms with van der Waals surface area (Å²) < 4.78 is 24.3. The van der Waals surface area contributed by atoms with Crippen molar-refractivity contribution in [2.24, 2.45) is 0 Å². The van der Waals surface area contributed by atoms with Crippen LogP contribution in [0.5, 0.6) is 5.75 Å². The molecular formula is C18H14ClFN2O3. The van der Waals surface area contributed by atoms with Gasteiger partial charge in [-0.3, -0.25) is 4.79 Å². The fourth-order valence-electron chi connectivity index (χ4n) is 2.38. The van der Waals surface area contributed by atoms with Crippen LogP contribution in [0.1, 0.15) is 5.56 Å². The van der Waals surface area contributed by atoms with Gasteiger partial charge in [0.25, 0.3) is 0 Å². The van der Waals surface area contributed by atoms with Gasteiger partial charge in [0.1, 0.15) is 11.6 Å². The maximum Gasteiger partial charge on any atom is 0.228 e. The molecule has 1 N–H and O–H groups in total. The zero-order valence-corrected chi connectivity index (χ0v) is 14.0. The fraction of sp³-hybridized carbons (Fsp3) is 0.111. The van der Waals surface area contributed by atoms with Crippen LogP contribution in [0.4, 0.5) is 10.1 Å². The average Bonchev–Trinajstić information content (AvgIpc) is 3.12. The first kappa shape index (κ1) is 17.0. The molecule has 5 nitrogen and oxygen atoms in total. The van der Waals surface area contributed by atoms with Gasteiger partial charge < -0.3 is 14.5 Å². The van der Waals surface area contributed by atoms with Gasteiger partial charge in [-0.25, -0.2) is 9.37 Å². The van der Waals surface area contributed by atoms with E-state index < -0.39 is 5.82 Å². The highest BCUT2D eigenvalue weighted by Crippen LogP contribution is 2.32. The molecule has 0 fully saturated rings. The van der Waals surface area contributed by atoms with E-state index in [0.29, 0.717) is 27.8 Å². The lowest BCUT2D eigenvalue weighted by Crippen LogP contribution is -2.15. The molecule has 0 aliphatic carbocycles. The van der Waals surface area contributed by atoms with E-state index >= 15 is 0 Å². The molecule has 0 atom stereocenters. The fourth-order valence-corrected chi connectivity index (χ4v) is 2.57. The molecule has 1 heterocycles. The zero-order valence-electron chi connectivity index (χ0n) is 13.3. The van der Waals surface area contributed by atoms with Crippen molar-refractivity contribution >= 4 is 23.2 Å². The Balaban J connectivity index is 1.76. The van der Waals surface area contributed by atoms with E-state index in [1.54, 1.807) is 24.4 Å². The first-order valence-corrected chi connectivity index (χ1v) is 7.75. The molecule has 0 bridgehead atoms. The Morgan fingerprint density at radius 1 is 1.32 bits per heavy atom. The number of rotatable bonds is 5. The Morgan fingerprint density at radius 2 is 2.16 bits per heavy atom. The predicted octanol–water partition coefficient (Wildman–Crippen LogP) is 4.32. The number of nitrogens with one attached hydrogen (secondary N) is 1. The molecule has 7 heteroatoms. The molecule has 1 amide bonds. The third-order valence-electron chi connectivity index (χ3n) is 3.54. The number of anilines is 1. The van der Waals surface area contributed by atoms with Gasteiger partial charge in [0.2, 0.25) is 5.91 Å². The molecule has 0 saturated heterocycles. The summed E-state index contributed by atoms with van der Waals surface area (Å²) >= 11 is 5.84. The number of halogens is 2. The van der Waals surface area contributed by atoms with Crippen molar-refractivity contribution in [1.29, 1.82) is 0 Å². The highest BCUT2D eigenvalue weighted by molar-refractivity contribution is 6.30. The second-order valence-electron chi connectivity index (χ2n) is 5.24. The third kappa shape index (κ3) is 3.97. The number of methoxy groups -OCH3 is 1. The lowest BCUT2D eigenvalue weighted by Gasteiger charge is -2.10. The molecule has 25 heavy (non-hydrogen) atoms. The largest absolute Gasteiger partial charge is 0.496 e. The summed E-state index contributed by atoms with van der Waals surface area (Å²) in [6, 6.07) is 9.21. The molecule has 2 aromatic carbocycles. The normalized spacial score (nSPS) is 10.5. The quantitative estimate of drug-likeness (QED) is 0.735. The summed E-state index contributed by atoms with van der Waals surface area (Å²) in [5, 5.41) is 3.09. The van der Waals surface area contributed by atoms with E-state index in [2.05, 4.69) is 10.3 Å². The maximum atomic E-state index is 13.7. The number of amides is 1. The maximum absolute atomic E-state index is 13.7. The van der Waals surface area contributed by atoms with Gasteiger partial charge in [0.15, 0.2) is 12.2 Å². The van der Waals surface area contributed by atoms with E-state index in [1.807, 2.05) is 0 Å². The molecule has 0 spiro atoms. The molecule has 0 unspecified atom stereocenters. The highest BCUT2D eigenvalue weighted by atomic mass is 35.5. The summed E-state index contributed by atoms with van der Waals surface area (Å²) in [5.41, 5.74) is 1.46. The molecular weight excluding hydrogens is 347 g/mol. The number of benzene rings is 2. The first-order chi connectivity index (χ1) is 12.1. The van der Waals surface area contributed by atoms with E-state index in [-0.39, 0.29) is 17.9 Å². The van der Waals surface area contributed by atoms with Crippen molar-refractivity contribution in [2.45, 2.75) is 6.42 Å². The van der Waals surface area contributed by atoms with Crippen molar-refractivity contribution in [1.82, 2.24) is 4.98 Å². The topological polar surface area (TPSA) is 64.4 Å². The van der Waals surface area contributed by atoms with E-state index in [4.69, 9.17) is 20.8 Å². The SMILES string of the molecule is COc1cc(NC(=O)Cc2cc(Cl)ccc2F)ccc1-c1cnco1. The molecule has 128 valence electrons. The molecule has 1 aromatic heterocycles. The standard InChI is InChI=1S/C18H14ClFN2O3/c1-24-16-8-13(3-4-14(16)17-9-21-10-25-17)22-18(23)7-11-6-12(19)2-5-15(11)20/h2-6,8-10H,7H2,1H3,(H,22,23). The summed E-state index contributed by atoms with van der Waals surface area (Å²) in [6.07, 6.45) is 2.76. The number of oxazole rings is 1.